The van der Waals surface area contributed by atoms with E-state index in [1.807, 2.05) is 13.0 Å². The van der Waals surface area contributed by atoms with Crippen molar-refractivity contribution in [2.75, 3.05) is 20.8 Å². The van der Waals surface area contributed by atoms with Crippen LogP contribution in [0.15, 0.2) is 54.7 Å². The molecule has 0 bridgehead atoms. The Morgan fingerprint density at radius 2 is 1.75 bits per heavy atom. The van der Waals surface area contributed by atoms with Crippen molar-refractivity contribution in [3.8, 4) is 17.2 Å². The first-order chi connectivity index (χ1) is 13.5. The van der Waals surface area contributed by atoms with Gasteiger partial charge < -0.3 is 14.2 Å². The molecule has 0 N–H and O–H groups in total. The van der Waals surface area contributed by atoms with Crippen LogP contribution < -0.4 is 9.47 Å². The first-order valence-corrected chi connectivity index (χ1v) is 8.57. The Hall–Kier alpha value is -3.61. The normalized spacial score (nSPS) is 10.4. The van der Waals surface area contributed by atoms with Gasteiger partial charge >= 0.3 is 5.97 Å². The molecule has 3 aromatic rings. The van der Waals surface area contributed by atoms with Crippen LogP contribution in [0, 0.1) is 6.92 Å². The Bertz CT molecular complexity index is 992. The minimum Gasteiger partial charge on any atom is -0.497 e. The summed E-state index contributed by atoms with van der Waals surface area (Å²) in [5, 5.41) is 4.22. The molecule has 0 aliphatic carbocycles. The lowest BCUT2D eigenvalue weighted by Crippen LogP contribution is -2.15. The number of hydrogen-bond acceptors (Lipinski definition) is 6. The summed E-state index contributed by atoms with van der Waals surface area (Å²) in [6.45, 7) is 1.55. The molecular formula is C21H20N2O5. The monoisotopic (exact) mass is 380 g/mol. The Kier molecular flexibility index (Phi) is 5.74. The molecular weight excluding hydrogens is 360 g/mol. The first-order valence-electron chi connectivity index (χ1n) is 8.57. The highest BCUT2D eigenvalue weighted by atomic mass is 16.5. The molecule has 0 amide bonds. The van der Waals surface area contributed by atoms with Crippen LogP contribution in [0.1, 0.15) is 26.4 Å². The second-order valence-corrected chi connectivity index (χ2v) is 6.00. The molecule has 144 valence electrons. The SMILES string of the molecule is COc1ccc(C(=O)COC(=O)c2ccc(-n3nccc3C)cc2)c(OC)c1. The number of carbonyl (C=O) groups excluding carboxylic acids is 2. The molecule has 1 aromatic heterocycles. The number of methoxy groups -OCH3 is 2. The summed E-state index contributed by atoms with van der Waals surface area (Å²) in [6.07, 6.45) is 1.70. The predicted octanol–water partition coefficient (Wildman–Crippen LogP) is 3.24. The van der Waals surface area contributed by atoms with E-state index in [-0.39, 0.29) is 12.4 Å². The van der Waals surface area contributed by atoms with Crippen LogP contribution in [-0.2, 0) is 4.74 Å². The third-order valence-electron chi connectivity index (χ3n) is 4.22. The zero-order valence-electron chi connectivity index (χ0n) is 15.8. The molecule has 0 saturated heterocycles. The number of benzene rings is 2. The van der Waals surface area contributed by atoms with E-state index in [2.05, 4.69) is 5.10 Å². The smallest absolute Gasteiger partial charge is 0.338 e. The second kappa shape index (κ2) is 8.39. The minimum absolute atomic E-state index is 0.320. The average Bonchev–Trinajstić information content (AvgIpc) is 3.17. The molecule has 0 fully saturated rings. The number of nitrogens with zero attached hydrogens (tertiary/aromatic N) is 2. The number of carbonyl (C=O) groups is 2. The van der Waals surface area contributed by atoms with Crippen molar-refractivity contribution in [1.82, 2.24) is 9.78 Å². The summed E-state index contributed by atoms with van der Waals surface area (Å²) >= 11 is 0. The number of ether oxygens (including phenoxy) is 3. The molecule has 0 saturated carbocycles. The Labute approximate surface area is 162 Å². The lowest BCUT2D eigenvalue weighted by molar-refractivity contribution is 0.0474. The lowest BCUT2D eigenvalue weighted by atomic mass is 10.1. The zero-order chi connectivity index (χ0) is 20.1. The van der Waals surface area contributed by atoms with Gasteiger partial charge in [0, 0.05) is 18.0 Å². The van der Waals surface area contributed by atoms with E-state index in [9.17, 15) is 9.59 Å². The van der Waals surface area contributed by atoms with Crippen LogP contribution in [0.3, 0.4) is 0 Å². The highest BCUT2D eigenvalue weighted by molar-refractivity contribution is 6.01. The molecule has 0 unspecified atom stereocenters. The quantitative estimate of drug-likeness (QED) is 0.462. The van der Waals surface area contributed by atoms with Gasteiger partial charge in [-0.25, -0.2) is 9.48 Å². The summed E-state index contributed by atoms with van der Waals surface area (Å²) < 4.78 is 17.2. The van der Waals surface area contributed by atoms with Gasteiger partial charge in [0.15, 0.2) is 6.61 Å². The Morgan fingerprint density at radius 3 is 2.36 bits per heavy atom. The van der Waals surface area contributed by atoms with Gasteiger partial charge in [-0.2, -0.15) is 5.10 Å². The topological polar surface area (TPSA) is 79.7 Å². The average molecular weight is 380 g/mol. The number of rotatable bonds is 7. The van der Waals surface area contributed by atoms with Gasteiger partial charge in [-0.15, -0.1) is 0 Å². The molecule has 7 nitrogen and oxygen atoms in total. The van der Waals surface area contributed by atoms with Crippen molar-refractivity contribution in [1.29, 1.82) is 0 Å². The fourth-order valence-electron chi connectivity index (χ4n) is 2.70. The summed E-state index contributed by atoms with van der Waals surface area (Å²) in [5.41, 5.74) is 2.48. The van der Waals surface area contributed by atoms with Crippen LogP contribution in [0.25, 0.3) is 5.69 Å². The van der Waals surface area contributed by atoms with Crippen molar-refractivity contribution in [2.24, 2.45) is 0 Å². The first kappa shape index (κ1) is 19.2. The predicted molar refractivity (Wildman–Crippen MR) is 102 cm³/mol. The molecule has 0 spiro atoms. The second-order valence-electron chi connectivity index (χ2n) is 6.00. The summed E-state index contributed by atoms with van der Waals surface area (Å²) in [6, 6.07) is 13.5. The Morgan fingerprint density at radius 1 is 1.00 bits per heavy atom. The van der Waals surface area contributed by atoms with Gasteiger partial charge in [-0.05, 0) is 49.4 Å². The van der Waals surface area contributed by atoms with E-state index in [0.717, 1.165) is 11.4 Å². The number of aromatic nitrogens is 2. The number of aryl methyl sites for hydroxylation is 1. The zero-order valence-corrected chi connectivity index (χ0v) is 15.8. The van der Waals surface area contributed by atoms with Crippen LogP contribution in [0.4, 0.5) is 0 Å². The molecule has 0 aliphatic heterocycles. The molecule has 1 heterocycles. The third-order valence-corrected chi connectivity index (χ3v) is 4.22. The van der Waals surface area contributed by atoms with Crippen LogP contribution in [0.5, 0.6) is 11.5 Å². The van der Waals surface area contributed by atoms with Crippen molar-refractivity contribution in [3.05, 3.63) is 71.5 Å². The fraction of sp³-hybridized carbons (Fsp3) is 0.190. The van der Waals surface area contributed by atoms with Crippen LogP contribution in [0.2, 0.25) is 0 Å². The summed E-state index contributed by atoms with van der Waals surface area (Å²) in [7, 11) is 2.98. The standard InChI is InChI=1S/C21H20N2O5/c1-14-10-11-22-23(14)16-6-4-15(5-7-16)21(25)28-13-19(24)18-9-8-17(26-2)12-20(18)27-3/h4-12H,13H2,1-3H3. The van der Waals surface area contributed by atoms with Crippen molar-refractivity contribution < 1.29 is 23.8 Å². The maximum Gasteiger partial charge on any atom is 0.338 e. The van der Waals surface area contributed by atoms with Gasteiger partial charge in [0.2, 0.25) is 5.78 Å². The van der Waals surface area contributed by atoms with Crippen molar-refractivity contribution in [2.45, 2.75) is 6.92 Å². The van der Waals surface area contributed by atoms with Crippen LogP contribution in [-0.4, -0.2) is 42.4 Å². The largest absolute Gasteiger partial charge is 0.497 e. The van der Waals surface area contributed by atoms with E-state index < -0.39 is 5.97 Å². The maximum absolute atomic E-state index is 12.4. The van der Waals surface area contributed by atoms with E-state index in [1.165, 1.54) is 14.2 Å². The van der Waals surface area contributed by atoms with E-state index in [1.54, 1.807) is 53.3 Å². The Balaban J connectivity index is 1.65. The molecule has 0 aliphatic rings. The summed E-state index contributed by atoms with van der Waals surface area (Å²) in [4.78, 5) is 24.6. The van der Waals surface area contributed by atoms with E-state index in [0.29, 0.717) is 22.6 Å². The number of Topliss-reactive ketones (excluding diaryl/α,β-unsaturated/α-hetero) is 1. The molecule has 2 aromatic carbocycles. The van der Waals surface area contributed by atoms with Gasteiger partial charge in [0.05, 0.1) is 31.0 Å². The fourth-order valence-corrected chi connectivity index (χ4v) is 2.70. The van der Waals surface area contributed by atoms with Gasteiger partial charge in [0.1, 0.15) is 11.5 Å². The lowest BCUT2D eigenvalue weighted by Gasteiger charge is -2.10. The molecule has 3 rings (SSSR count). The minimum atomic E-state index is -0.579. The van der Waals surface area contributed by atoms with E-state index >= 15 is 0 Å². The van der Waals surface area contributed by atoms with Gasteiger partial charge in [0.25, 0.3) is 0 Å². The molecule has 28 heavy (non-hydrogen) atoms. The number of ketones is 1. The molecule has 0 radical (unpaired) electrons. The van der Waals surface area contributed by atoms with Gasteiger partial charge in [-0.1, -0.05) is 0 Å². The summed E-state index contributed by atoms with van der Waals surface area (Å²) in [5.74, 6) is -0.0153. The number of esters is 1. The highest BCUT2D eigenvalue weighted by Crippen LogP contribution is 2.25. The van der Waals surface area contributed by atoms with Crippen molar-refractivity contribution >= 4 is 11.8 Å². The van der Waals surface area contributed by atoms with Crippen LogP contribution >= 0.6 is 0 Å². The van der Waals surface area contributed by atoms with Gasteiger partial charge in [-0.3, -0.25) is 4.79 Å². The molecule has 7 heteroatoms. The molecule has 0 atom stereocenters. The third kappa shape index (κ3) is 4.03. The number of hydrogen-bond donors (Lipinski definition) is 0. The van der Waals surface area contributed by atoms with E-state index in [4.69, 9.17) is 14.2 Å². The van der Waals surface area contributed by atoms with Crippen molar-refractivity contribution in [3.63, 3.8) is 0 Å². The maximum atomic E-state index is 12.4. The highest BCUT2D eigenvalue weighted by Gasteiger charge is 2.16.